The molecule has 2 fully saturated rings. The Morgan fingerprint density at radius 1 is 1.33 bits per heavy atom. The van der Waals surface area contributed by atoms with Gasteiger partial charge in [0.1, 0.15) is 5.82 Å². The van der Waals surface area contributed by atoms with Gasteiger partial charge < -0.3 is 19.6 Å². The van der Waals surface area contributed by atoms with Gasteiger partial charge in [0.25, 0.3) is 0 Å². The van der Waals surface area contributed by atoms with E-state index in [1.54, 1.807) is 6.20 Å². The minimum atomic E-state index is -0.927. The van der Waals surface area contributed by atoms with Gasteiger partial charge in [0.2, 0.25) is 5.91 Å². The first-order chi connectivity index (χ1) is 10.1. The number of aromatic nitrogens is 1. The second kappa shape index (κ2) is 5.69. The van der Waals surface area contributed by atoms with Crippen LogP contribution >= 0.6 is 0 Å². The van der Waals surface area contributed by atoms with Crippen molar-refractivity contribution in [2.24, 2.45) is 5.92 Å². The predicted molar refractivity (Wildman–Crippen MR) is 75.4 cm³/mol. The van der Waals surface area contributed by atoms with Gasteiger partial charge in [0, 0.05) is 26.1 Å². The average Bonchev–Trinajstić information content (AvgIpc) is 2.91. The Morgan fingerprint density at radius 2 is 2.10 bits per heavy atom. The number of carbonyl (C=O) groups excluding carboxylic acids is 1. The molecule has 1 aromatic rings. The van der Waals surface area contributed by atoms with Crippen LogP contribution in [0.25, 0.3) is 0 Å². The number of nitrogens with zero attached hydrogens (tertiary/aromatic N) is 3. The SMILES string of the molecule is O=C(O)C1CC(=O)N(c2ccc(N3CCOCC3)nc2)C1. The van der Waals surface area contributed by atoms with Gasteiger partial charge in [-0.25, -0.2) is 4.98 Å². The fraction of sp³-hybridized carbons (Fsp3) is 0.500. The first-order valence-corrected chi connectivity index (χ1v) is 6.97. The maximum Gasteiger partial charge on any atom is 0.308 e. The molecule has 2 aliphatic heterocycles. The summed E-state index contributed by atoms with van der Waals surface area (Å²) in [5.41, 5.74) is 0.653. The van der Waals surface area contributed by atoms with Gasteiger partial charge in [-0.2, -0.15) is 0 Å². The van der Waals surface area contributed by atoms with Crippen LogP contribution in [0.1, 0.15) is 6.42 Å². The number of amides is 1. The molecule has 1 amide bonds. The average molecular weight is 291 g/mol. The maximum atomic E-state index is 11.9. The molecule has 3 heterocycles. The zero-order chi connectivity index (χ0) is 14.8. The topological polar surface area (TPSA) is 83.0 Å². The number of pyridine rings is 1. The van der Waals surface area contributed by atoms with Crippen molar-refractivity contribution in [3.8, 4) is 0 Å². The summed E-state index contributed by atoms with van der Waals surface area (Å²) in [6.07, 6.45) is 1.69. The molecular formula is C14H17N3O4. The Hall–Kier alpha value is -2.15. The van der Waals surface area contributed by atoms with Crippen LogP contribution in [0.3, 0.4) is 0 Å². The lowest BCUT2D eigenvalue weighted by Gasteiger charge is -2.28. The first-order valence-electron chi connectivity index (χ1n) is 6.97. The molecule has 7 nitrogen and oxygen atoms in total. The summed E-state index contributed by atoms with van der Waals surface area (Å²) in [7, 11) is 0. The van der Waals surface area contributed by atoms with Gasteiger partial charge in [-0.1, -0.05) is 0 Å². The maximum absolute atomic E-state index is 11.9. The highest BCUT2D eigenvalue weighted by Gasteiger charge is 2.35. The second-order valence-corrected chi connectivity index (χ2v) is 5.22. The summed E-state index contributed by atoms with van der Waals surface area (Å²) in [6.45, 7) is 3.20. The van der Waals surface area contributed by atoms with Crippen LogP contribution < -0.4 is 9.80 Å². The molecule has 1 N–H and O–H groups in total. The molecular weight excluding hydrogens is 274 g/mol. The van der Waals surface area contributed by atoms with Gasteiger partial charge in [-0.3, -0.25) is 9.59 Å². The van der Waals surface area contributed by atoms with Crippen molar-refractivity contribution in [1.29, 1.82) is 0 Å². The summed E-state index contributed by atoms with van der Waals surface area (Å²) in [5.74, 6) is -0.869. The van der Waals surface area contributed by atoms with Crippen molar-refractivity contribution in [2.45, 2.75) is 6.42 Å². The van der Waals surface area contributed by atoms with Crippen LogP contribution in [0.5, 0.6) is 0 Å². The van der Waals surface area contributed by atoms with E-state index in [1.165, 1.54) is 4.90 Å². The number of carbonyl (C=O) groups is 2. The molecule has 21 heavy (non-hydrogen) atoms. The molecule has 0 saturated carbocycles. The molecule has 1 aromatic heterocycles. The summed E-state index contributed by atoms with van der Waals surface area (Å²) in [6, 6.07) is 3.68. The number of rotatable bonds is 3. The highest BCUT2D eigenvalue weighted by Crippen LogP contribution is 2.26. The van der Waals surface area contributed by atoms with E-state index in [0.717, 1.165) is 18.9 Å². The third kappa shape index (κ3) is 2.82. The van der Waals surface area contributed by atoms with E-state index in [2.05, 4.69) is 9.88 Å². The fourth-order valence-corrected chi connectivity index (χ4v) is 2.64. The third-order valence-electron chi connectivity index (χ3n) is 3.85. The Labute approximate surface area is 122 Å². The van der Waals surface area contributed by atoms with E-state index in [-0.39, 0.29) is 18.9 Å². The third-order valence-corrected chi connectivity index (χ3v) is 3.85. The zero-order valence-corrected chi connectivity index (χ0v) is 11.6. The largest absolute Gasteiger partial charge is 0.481 e. The number of hydrogen-bond acceptors (Lipinski definition) is 5. The lowest BCUT2D eigenvalue weighted by Crippen LogP contribution is -2.36. The minimum Gasteiger partial charge on any atom is -0.481 e. The second-order valence-electron chi connectivity index (χ2n) is 5.22. The normalized spacial score (nSPS) is 22.7. The van der Waals surface area contributed by atoms with Crippen molar-refractivity contribution in [3.05, 3.63) is 18.3 Å². The Kier molecular flexibility index (Phi) is 3.74. The minimum absolute atomic E-state index is 0.0561. The molecule has 7 heteroatoms. The van der Waals surface area contributed by atoms with E-state index in [9.17, 15) is 9.59 Å². The molecule has 112 valence electrons. The molecule has 0 aromatic carbocycles. The smallest absolute Gasteiger partial charge is 0.308 e. The van der Waals surface area contributed by atoms with Gasteiger partial charge in [0.15, 0.2) is 0 Å². The van der Waals surface area contributed by atoms with Crippen LogP contribution in [0, 0.1) is 5.92 Å². The monoisotopic (exact) mass is 291 g/mol. The van der Waals surface area contributed by atoms with Crippen molar-refractivity contribution in [1.82, 2.24) is 4.98 Å². The summed E-state index contributed by atoms with van der Waals surface area (Å²) in [5, 5.41) is 9.00. The first kappa shape index (κ1) is 13.8. The van der Waals surface area contributed by atoms with Crippen molar-refractivity contribution >= 4 is 23.4 Å². The fourth-order valence-electron chi connectivity index (χ4n) is 2.64. The van der Waals surface area contributed by atoms with E-state index in [0.29, 0.717) is 18.9 Å². The molecule has 0 radical (unpaired) electrons. The van der Waals surface area contributed by atoms with Crippen LogP contribution in [0.4, 0.5) is 11.5 Å². The number of hydrogen-bond donors (Lipinski definition) is 1. The molecule has 1 atom stereocenters. The van der Waals surface area contributed by atoms with E-state index >= 15 is 0 Å². The lowest BCUT2D eigenvalue weighted by molar-refractivity contribution is -0.141. The van der Waals surface area contributed by atoms with E-state index in [4.69, 9.17) is 9.84 Å². The Bertz CT molecular complexity index is 540. The number of morpholine rings is 1. The zero-order valence-electron chi connectivity index (χ0n) is 11.6. The van der Waals surface area contributed by atoms with Crippen LogP contribution in [0.2, 0.25) is 0 Å². The van der Waals surface area contributed by atoms with Gasteiger partial charge in [-0.05, 0) is 12.1 Å². The Morgan fingerprint density at radius 3 is 2.67 bits per heavy atom. The molecule has 0 spiro atoms. The molecule has 0 bridgehead atoms. The summed E-state index contributed by atoms with van der Waals surface area (Å²) in [4.78, 5) is 30.9. The summed E-state index contributed by atoms with van der Waals surface area (Å²) < 4.78 is 5.30. The number of anilines is 2. The van der Waals surface area contributed by atoms with Crippen LogP contribution in [-0.2, 0) is 14.3 Å². The molecule has 2 aliphatic rings. The molecule has 2 saturated heterocycles. The summed E-state index contributed by atoms with van der Waals surface area (Å²) >= 11 is 0. The van der Waals surface area contributed by atoms with Gasteiger partial charge in [0.05, 0.1) is 31.0 Å². The molecule has 0 aliphatic carbocycles. The number of carboxylic acid groups (broad SMARTS) is 1. The van der Waals surface area contributed by atoms with Gasteiger partial charge in [-0.15, -0.1) is 0 Å². The predicted octanol–water partition coefficient (Wildman–Crippen LogP) is 0.356. The standard InChI is InChI=1S/C14H17N3O4/c18-13-7-10(14(19)20)9-17(13)11-1-2-12(15-8-11)16-3-5-21-6-4-16/h1-2,8,10H,3-7,9H2,(H,19,20). The number of aliphatic carboxylic acids is 1. The number of carboxylic acids is 1. The van der Waals surface area contributed by atoms with Crippen LogP contribution in [0.15, 0.2) is 18.3 Å². The van der Waals surface area contributed by atoms with Crippen molar-refractivity contribution in [3.63, 3.8) is 0 Å². The molecule has 3 rings (SSSR count). The van der Waals surface area contributed by atoms with Gasteiger partial charge >= 0.3 is 5.97 Å². The highest BCUT2D eigenvalue weighted by molar-refractivity contribution is 5.99. The lowest BCUT2D eigenvalue weighted by atomic mass is 10.1. The highest BCUT2D eigenvalue weighted by atomic mass is 16.5. The molecule has 1 unspecified atom stereocenters. The van der Waals surface area contributed by atoms with Crippen molar-refractivity contribution in [2.75, 3.05) is 42.6 Å². The number of ether oxygens (including phenoxy) is 1. The van der Waals surface area contributed by atoms with E-state index < -0.39 is 11.9 Å². The van der Waals surface area contributed by atoms with E-state index in [1.807, 2.05) is 12.1 Å². The van der Waals surface area contributed by atoms with Crippen LogP contribution in [-0.4, -0.2) is 54.8 Å². The quantitative estimate of drug-likeness (QED) is 0.865. The van der Waals surface area contributed by atoms with Crippen molar-refractivity contribution < 1.29 is 19.4 Å². The Balaban J connectivity index is 1.72.